The third-order valence-electron chi connectivity index (χ3n) is 3.07. The highest BCUT2D eigenvalue weighted by Gasteiger charge is 2.21. The smallest absolute Gasteiger partial charge is 0.306 e. The van der Waals surface area contributed by atoms with Crippen molar-refractivity contribution in [3.05, 3.63) is 0 Å². The Kier molecular flexibility index (Phi) is 8.20. The molecule has 0 fully saturated rings. The number of ether oxygens (including phenoxy) is 1. The van der Waals surface area contributed by atoms with Crippen LogP contribution in [0.1, 0.15) is 40.0 Å². The summed E-state index contributed by atoms with van der Waals surface area (Å²) >= 11 is 0. The molecule has 0 aliphatic rings. The van der Waals surface area contributed by atoms with E-state index in [9.17, 15) is 13.2 Å². The summed E-state index contributed by atoms with van der Waals surface area (Å²) in [4.78, 5) is 11.0. The van der Waals surface area contributed by atoms with Crippen molar-refractivity contribution in [2.75, 3.05) is 20.7 Å². The SMILES string of the molecule is CCC(C)CC(C)NS(=O)(=O)N(C)CCC(=O)OC. The van der Waals surface area contributed by atoms with Gasteiger partial charge in [-0.15, -0.1) is 0 Å². The number of nitrogens with zero attached hydrogens (tertiary/aromatic N) is 1. The van der Waals surface area contributed by atoms with Crippen LogP contribution in [0.15, 0.2) is 0 Å². The fourth-order valence-corrected chi connectivity index (χ4v) is 2.75. The maximum absolute atomic E-state index is 12.0. The topological polar surface area (TPSA) is 75.7 Å². The molecule has 0 saturated heterocycles. The first kappa shape index (κ1) is 18.3. The number of carbonyl (C=O) groups excluding carboxylic acids is 1. The highest BCUT2D eigenvalue weighted by molar-refractivity contribution is 7.87. The molecule has 114 valence electrons. The van der Waals surface area contributed by atoms with Crippen molar-refractivity contribution in [3.8, 4) is 0 Å². The van der Waals surface area contributed by atoms with E-state index in [1.54, 1.807) is 0 Å². The average molecular weight is 294 g/mol. The van der Waals surface area contributed by atoms with Gasteiger partial charge in [0.2, 0.25) is 0 Å². The summed E-state index contributed by atoms with van der Waals surface area (Å²) in [6, 6.07) is -0.125. The number of carbonyl (C=O) groups is 1. The van der Waals surface area contributed by atoms with E-state index in [4.69, 9.17) is 0 Å². The molecule has 0 rings (SSSR count). The monoisotopic (exact) mass is 294 g/mol. The number of esters is 1. The number of hydrogen-bond donors (Lipinski definition) is 1. The third kappa shape index (κ3) is 7.49. The molecule has 0 bridgehead atoms. The lowest BCUT2D eigenvalue weighted by atomic mass is 10.0. The highest BCUT2D eigenvalue weighted by Crippen LogP contribution is 2.10. The van der Waals surface area contributed by atoms with Gasteiger partial charge in [0.25, 0.3) is 10.2 Å². The van der Waals surface area contributed by atoms with Gasteiger partial charge in [0.15, 0.2) is 0 Å². The van der Waals surface area contributed by atoms with Gasteiger partial charge in [-0.3, -0.25) is 4.79 Å². The first-order chi connectivity index (χ1) is 8.72. The molecule has 0 saturated carbocycles. The second kappa shape index (κ2) is 8.50. The molecule has 1 N–H and O–H groups in total. The Bertz CT molecular complexity index is 370. The van der Waals surface area contributed by atoms with Gasteiger partial charge >= 0.3 is 5.97 Å². The normalized spacial score (nSPS) is 15.3. The minimum absolute atomic E-state index is 0.0493. The van der Waals surface area contributed by atoms with Crippen LogP contribution >= 0.6 is 0 Å². The predicted octanol–water partition coefficient (Wildman–Crippen LogP) is 1.14. The molecule has 0 heterocycles. The van der Waals surface area contributed by atoms with E-state index in [0.29, 0.717) is 5.92 Å². The fraction of sp³-hybridized carbons (Fsp3) is 0.917. The molecule has 0 spiro atoms. The second-order valence-corrected chi connectivity index (χ2v) is 6.73. The zero-order valence-electron chi connectivity index (χ0n) is 12.5. The van der Waals surface area contributed by atoms with Crippen molar-refractivity contribution < 1.29 is 17.9 Å². The van der Waals surface area contributed by atoms with E-state index in [-0.39, 0.29) is 19.0 Å². The van der Waals surface area contributed by atoms with Gasteiger partial charge in [0.05, 0.1) is 13.5 Å². The maximum atomic E-state index is 12.0. The van der Waals surface area contributed by atoms with Crippen LogP contribution in [0.3, 0.4) is 0 Å². The van der Waals surface area contributed by atoms with Crippen molar-refractivity contribution in [2.24, 2.45) is 5.92 Å². The van der Waals surface area contributed by atoms with Crippen molar-refractivity contribution in [1.82, 2.24) is 9.03 Å². The van der Waals surface area contributed by atoms with Crippen LogP contribution in [0.4, 0.5) is 0 Å². The van der Waals surface area contributed by atoms with Crippen LogP contribution in [-0.4, -0.2) is 45.4 Å². The third-order valence-corrected chi connectivity index (χ3v) is 4.78. The number of hydrogen-bond acceptors (Lipinski definition) is 4. The van der Waals surface area contributed by atoms with E-state index < -0.39 is 16.2 Å². The van der Waals surface area contributed by atoms with Crippen LogP contribution < -0.4 is 4.72 Å². The lowest BCUT2D eigenvalue weighted by molar-refractivity contribution is -0.140. The molecule has 0 aromatic rings. The largest absolute Gasteiger partial charge is 0.469 e. The molecular weight excluding hydrogens is 268 g/mol. The Labute approximate surface area is 116 Å². The maximum Gasteiger partial charge on any atom is 0.306 e. The molecule has 19 heavy (non-hydrogen) atoms. The minimum Gasteiger partial charge on any atom is -0.469 e. The zero-order chi connectivity index (χ0) is 15.1. The van der Waals surface area contributed by atoms with Crippen LogP contribution in [0, 0.1) is 5.92 Å². The first-order valence-corrected chi connectivity index (χ1v) is 7.97. The van der Waals surface area contributed by atoms with Crippen molar-refractivity contribution in [3.63, 3.8) is 0 Å². The molecule has 7 heteroatoms. The molecule has 2 unspecified atom stereocenters. The van der Waals surface area contributed by atoms with Crippen molar-refractivity contribution in [2.45, 2.75) is 46.1 Å². The quantitative estimate of drug-likeness (QED) is 0.647. The van der Waals surface area contributed by atoms with E-state index in [1.165, 1.54) is 14.2 Å². The summed E-state index contributed by atoms with van der Waals surface area (Å²) in [5.41, 5.74) is 0. The van der Waals surface area contributed by atoms with Gasteiger partial charge in [-0.1, -0.05) is 20.3 Å². The van der Waals surface area contributed by atoms with Crippen LogP contribution in [0.25, 0.3) is 0 Å². The van der Waals surface area contributed by atoms with E-state index in [0.717, 1.165) is 17.1 Å². The molecule has 0 aliphatic heterocycles. The van der Waals surface area contributed by atoms with Gasteiger partial charge in [-0.05, 0) is 19.3 Å². The Balaban J connectivity index is 4.33. The molecule has 0 aromatic carbocycles. The molecule has 0 aliphatic carbocycles. The molecular formula is C12H26N2O4S. The number of rotatable bonds is 9. The number of methoxy groups -OCH3 is 1. The lowest BCUT2D eigenvalue weighted by Gasteiger charge is -2.22. The average Bonchev–Trinajstić information content (AvgIpc) is 2.34. The summed E-state index contributed by atoms with van der Waals surface area (Å²) in [7, 11) is -0.815. The van der Waals surface area contributed by atoms with Gasteiger partial charge in [-0.2, -0.15) is 17.4 Å². The number of nitrogens with one attached hydrogen (secondary N) is 1. The Morgan fingerprint density at radius 1 is 1.37 bits per heavy atom. The van der Waals surface area contributed by atoms with E-state index >= 15 is 0 Å². The Hall–Kier alpha value is -0.660. The summed E-state index contributed by atoms with van der Waals surface area (Å²) < 4.78 is 32.2. The zero-order valence-corrected chi connectivity index (χ0v) is 13.3. The van der Waals surface area contributed by atoms with Crippen LogP contribution in [-0.2, 0) is 19.7 Å². The summed E-state index contributed by atoms with van der Waals surface area (Å²) in [6.07, 6.45) is 1.86. The summed E-state index contributed by atoms with van der Waals surface area (Å²) in [6.45, 7) is 6.12. The van der Waals surface area contributed by atoms with Crippen molar-refractivity contribution >= 4 is 16.2 Å². The molecule has 0 aromatic heterocycles. The van der Waals surface area contributed by atoms with E-state index in [2.05, 4.69) is 23.3 Å². The second-order valence-electron chi connectivity index (χ2n) is 4.92. The lowest BCUT2D eigenvalue weighted by Crippen LogP contribution is -2.43. The van der Waals surface area contributed by atoms with Crippen LogP contribution in [0.5, 0.6) is 0 Å². The minimum atomic E-state index is -3.54. The van der Waals surface area contributed by atoms with Crippen LogP contribution in [0.2, 0.25) is 0 Å². The van der Waals surface area contributed by atoms with Gasteiger partial charge in [0.1, 0.15) is 0 Å². The predicted molar refractivity (Wildman–Crippen MR) is 74.9 cm³/mol. The molecule has 0 amide bonds. The van der Waals surface area contributed by atoms with Crippen molar-refractivity contribution in [1.29, 1.82) is 0 Å². The summed E-state index contributed by atoms with van der Waals surface area (Å²) in [5, 5.41) is 0. The van der Waals surface area contributed by atoms with Gasteiger partial charge in [0, 0.05) is 19.6 Å². The highest BCUT2D eigenvalue weighted by atomic mass is 32.2. The Morgan fingerprint density at radius 3 is 2.42 bits per heavy atom. The summed E-state index contributed by atoms with van der Waals surface area (Å²) in [5.74, 6) is 0.0489. The van der Waals surface area contributed by atoms with Gasteiger partial charge < -0.3 is 4.74 Å². The molecule has 0 radical (unpaired) electrons. The fourth-order valence-electron chi connectivity index (χ4n) is 1.63. The Morgan fingerprint density at radius 2 is 1.95 bits per heavy atom. The first-order valence-electron chi connectivity index (χ1n) is 6.53. The molecule has 6 nitrogen and oxygen atoms in total. The standard InChI is InChI=1S/C12H26N2O4S/c1-6-10(2)9-11(3)13-19(16,17)14(4)8-7-12(15)18-5/h10-11,13H,6-9H2,1-5H3. The van der Waals surface area contributed by atoms with E-state index in [1.807, 2.05) is 6.92 Å². The van der Waals surface area contributed by atoms with Gasteiger partial charge in [-0.25, -0.2) is 0 Å². The molecule has 2 atom stereocenters.